The average molecular weight is 266 g/mol. The summed E-state index contributed by atoms with van der Waals surface area (Å²) < 4.78 is 26.6. The highest BCUT2D eigenvalue weighted by molar-refractivity contribution is 7.91. The Hall–Kier alpha value is -0.100. The highest BCUT2D eigenvalue weighted by Gasteiger charge is 2.28. The first-order valence-electron chi connectivity index (χ1n) is 4.78. The summed E-state index contributed by atoms with van der Waals surface area (Å²) in [6, 6.07) is 1.65. The van der Waals surface area contributed by atoms with Gasteiger partial charge >= 0.3 is 0 Å². The van der Waals surface area contributed by atoms with E-state index in [1.807, 2.05) is 6.92 Å². The maximum absolute atomic E-state index is 12.1. The van der Waals surface area contributed by atoms with Crippen molar-refractivity contribution in [1.82, 2.24) is 4.31 Å². The van der Waals surface area contributed by atoms with Gasteiger partial charge in [-0.2, -0.15) is 4.31 Å². The van der Waals surface area contributed by atoms with Crippen LogP contribution in [0.5, 0.6) is 0 Å². The predicted molar refractivity (Wildman–Crippen MR) is 62.1 cm³/mol. The lowest BCUT2D eigenvalue weighted by Gasteiger charge is -2.13. The average Bonchev–Trinajstić information content (AvgIpc) is 2.77. The minimum absolute atomic E-state index is 0.368. The molecule has 0 unspecified atom stereocenters. The zero-order valence-corrected chi connectivity index (χ0v) is 10.8. The molecule has 1 aromatic rings. The van der Waals surface area contributed by atoms with Crippen LogP contribution in [0.2, 0.25) is 4.34 Å². The van der Waals surface area contributed by atoms with Crippen LogP contribution in [0.25, 0.3) is 0 Å². The Labute approximate surface area is 98.7 Å². The number of aryl methyl sites for hydroxylation is 1. The molecule has 1 fully saturated rings. The molecule has 6 heteroatoms. The quantitative estimate of drug-likeness (QED) is 0.824. The van der Waals surface area contributed by atoms with E-state index in [2.05, 4.69) is 0 Å². The van der Waals surface area contributed by atoms with E-state index in [1.165, 1.54) is 4.31 Å². The molecular formula is C9H12ClNO2S2. The fourth-order valence-corrected chi connectivity index (χ4v) is 4.99. The fourth-order valence-electron chi connectivity index (χ4n) is 1.61. The fraction of sp³-hybridized carbons (Fsp3) is 0.556. The number of halogens is 1. The molecule has 0 saturated carbocycles. The Morgan fingerprint density at radius 2 is 2.00 bits per heavy atom. The Bertz CT molecular complexity index is 441. The molecule has 1 aliphatic heterocycles. The van der Waals surface area contributed by atoms with E-state index in [0.29, 0.717) is 21.6 Å². The topological polar surface area (TPSA) is 37.4 Å². The molecule has 0 amide bonds. The minimum Gasteiger partial charge on any atom is -0.206 e. The van der Waals surface area contributed by atoms with Crippen LogP contribution < -0.4 is 0 Å². The first-order chi connectivity index (χ1) is 7.01. The molecule has 2 heterocycles. The van der Waals surface area contributed by atoms with E-state index in [-0.39, 0.29) is 0 Å². The predicted octanol–water partition coefficient (Wildman–Crippen LogP) is 2.49. The molecule has 0 atom stereocenters. The van der Waals surface area contributed by atoms with Gasteiger partial charge < -0.3 is 0 Å². The SMILES string of the molecule is Cc1cc(S(=O)(=O)N2CCCC2)sc1Cl. The van der Waals surface area contributed by atoms with Gasteiger partial charge in [0.2, 0.25) is 0 Å². The number of rotatable bonds is 2. The summed E-state index contributed by atoms with van der Waals surface area (Å²) in [5.41, 5.74) is 0.833. The maximum atomic E-state index is 12.1. The summed E-state index contributed by atoms with van der Waals surface area (Å²) in [6.07, 6.45) is 1.91. The Morgan fingerprint density at radius 1 is 1.40 bits per heavy atom. The molecule has 0 bridgehead atoms. The van der Waals surface area contributed by atoms with Crippen LogP contribution in [0, 0.1) is 6.92 Å². The number of thiophene rings is 1. The van der Waals surface area contributed by atoms with Gasteiger partial charge in [0, 0.05) is 13.1 Å². The van der Waals surface area contributed by atoms with Gasteiger partial charge in [-0.1, -0.05) is 11.6 Å². The smallest absolute Gasteiger partial charge is 0.206 e. The van der Waals surface area contributed by atoms with Crippen LogP contribution in [0.3, 0.4) is 0 Å². The van der Waals surface area contributed by atoms with Crippen LogP contribution in [0.1, 0.15) is 18.4 Å². The van der Waals surface area contributed by atoms with E-state index in [1.54, 1.807) is 6.07 Å². The number of sulfonamides is 1. The summed E-state index contributed by atoms with van der Waals surface area (Å²) in [7, 11) is -3.27. The van der Waals surface area contributed by atoms with Crippen molar-refractivity contribution in [3.63, 3.8) is 0 Å². The molecule has 0 aliphatic carbocycles. The third-order valence-electron chi connectivity index (χ3n) is 2.49. The number of hydrogen-bond donors (Lipinski definition) is 0. The van der Waals surface area contributed by atoms with Crippen molar-refractivity contribution in [2.75, 3.05) is 13.1 Å². The van der Waals surface area contributed by atoms with Gasteiger partial charge in [-0.25, -0.2) is 8.42 Å². The standard InChI is InChI=1S/C9H12ClNO2S2/c1-7-6-8(14-9(7)10)15(12,13)11-4-2-3-5-11/h6H,2-5H2,1H3. The molecule has 0 radical (unpaired) electrons. The zero-order chi connectivity index (χ0) is 11.1. The van der Waals surface area contributed by atoms with E-state index in [0.717, 1.165) is 29.7 Å². The van der Waals surface area contributed by atoms with Gasteiger partial charge in [0.25, 0.3) is 10.0 Å². The third kappa shape index (κ3) is 2.06. The Morgan fingerprint density at radius 3 is 2.47 bits per heavy atom. The first kappa shape index (κ1) is 11.4. The van der Waals surface area contributed by atoms with Crippen molar-refractivity contribution in [3.05, 3.63) is 16.0 Å². The maximum Gasteiger partial charge on any atom is 0.252 e. The largest absolute Gasteiger partial charge is 0.252 e. The monoisotopic (exact) mass is 265 g/mol. The second-order valence-electron chi connectivity index (χ2n) is 3.63. The van der Waals surface area contributed by atoms with Gasteiger partial charge in [0.05, 0.1) is 4.34 Å². The lowest BCUT2D eigenvalue weighted by molar-refractivity contribution is 0.479. The first-order valence-corrected chi connectivity index (χ1v) is 7.41. The van der Waals surface area contributed by atoms with Gasteiger partial charge in [-0.3, -0.25) is 0 Å². The molecule has 1 aromatic heterocycles. The van der Waals surface area contributed by atoms with Crippen LogP contribution >= 0.6 is 22.9 Å². The van der Waals surface area contributed by atoms with Gasteiger partial charge in [-0.05, 0) is 31.4 Å². The van der Waals surface area contributed by atoms with E-state index in [9.17, 15) is 8.42 Å². The van der Waals surface area contributed by atoms with Crippen molar-refractivity contribution < 1.29 is 8.42 Å². The minimum atomic E-state index is -3.27. The second kappa shape index (κ2) is 4.05. The van der Waals surface area contributed by atoms with Crippen molar-refractivity contribution in [3.8, 4) is 0 Å². The van der Waals surface area contributed by atoms with Gasteiger partial charge in [0.1, 0.15) is 4.21 Å². The van der Waals surface area contributed by atoms with Crippen molar-refractivity contribution >= 4 is 33.0 Å². The van der Waals surface area contributed by atoms with Crippen molar-refractivity contribution in [2.24, 2.45) is 0 Å². The highest BCUT2D eigenvalue weighted by Crippen LogP contribution is 2.32. The van der Waals surface area contributed by atoms with Gasteiger partial charge in [0.15, 0.2) is 0 Å². The molecule has 2 rings (SSSR count). The van der Waals surface area contributed by atoms with Crippen LogP contribution in [-0.4, -0.2) is 25.8 Å². The molecule has 15 heavy (non-hydrogen) atoms. The van der Waals surface area contributed by atoms with E-state index < -0.39 is 10.0 Å². The summed E-state index contributed by atoms with van der Waals surface area (Å²) in [6.45, 7) is 3.09. The number of hydrogen-bond acceptors (Lipinski definition) is 3. The lowest BCUT2D eigenvalue weighted by Crippen LogP contribution is -2.27. The molecule has 0 spiro atoms. The van der Waals surface area contributed by atoms with Crippen LogP contribution in [0.4, 0.5) is 0 Å². The van der Waals surface area contributed by atoms with Gasteiger partial charge in [-0.15, -0.1) is 11.3 Å². The normalized spacial score (nSPS) is 18.5. The Balaban J connectivity index is 2.36. The van der Waals surface area contributed by atoms with Crippen LogP contribution in [-0.2, 0) is 10.0 Å². The van der Waals surface area contributed by atoms with E-state index >= 15 is 0 Å². The lowest BCUT2D eigenvalue weighted by atomic mass is 10.4. The summed E-state index contributed by atoms with van der Waals surface area (Å²) >= 11 is 7.02. The highest BCUT2D eigenvalue weighted by atomic mass is 35.5. The molecule has 3 nitrogen and oxygen atoms in total. The summed E-state index contributed by atoms with van der Waals surface area (Å²) in [5, 5.41) is 0. The Kier molecular flexibility index (Phi) is 3.07. The molecule has 84 valence electrons. The second-order valence-corrected chi connectivity index (χ2v) is 7.45. The van der Waals surface area contributed by atoms with Crippen molar-refractivity contribution in [2.45, 2.75) is 24.0 Å². The third-order valence-corrected chi connectivity index (χ3v) is 6.40. The molecule has 0 N–H and O–H groups in total. The molecule has 1 saturated heterocycles. The number of nitrogens with zero attached hydrogens (tertiary/aromatic N) is 1. The molecule has 0 aromatic carbocycles. The van der Waals surface area contributed by atoms with Crippen molar-refractivity contribution in [1.29, 1.82) is 0 Å². The molecular weight excluding hydrogens is 254 g/mol. The summed E-state index contributed by atoms with van der Waals surface area (Å²) in [4.78, 5) is 0. The van der Waals surface area contributed by atoms with Crippen LogP contribution in [0.15, 0.2) is 10.3 Å². The van der Waals surface area contributed by atoms with E-state index in [4.69, 9.17) is 11.6 Å². The zero-order valence-electron chi connectivity index (χ0n) is 8.36. The molecule has 1 aliphatic rings. The summed E-state index contributed by atoms with van der Waals surface area (Å²) in [5.74, 6) is 0.